The van der Waals surface area contributed by atoms with Crippen molar-refractivity contribution in [2.24, 2.45) is 0 Å². The van der Waals surface area contributed by atoms with Crippen molar-refractivity contribution in [2.45, 2.75) is 17.6 Å². The van der Waals surface area contributed by atoms with Crippen molar-refractivity contribution in [2.75, 3.05) is 24.3 Å². The zero-order chi connectivity index (χ0) is 18.6. The van der Waals surface area contributed by atoms with Gasteiger partial charge in [0, 0.05) is 10.6 Å². The van der Waals surface area contributed by atoms with Crippen LogP contribution in [0.1, 0.15) is 11.4 Å². The SMILES string of the molecule is Cc1ccc(Nc2nc(N)nc(CSc3ccc4c(c3)OCCO4)n2)cc1. The first-order chi connectivity index (χ1) is 13.2. The van der Waals surface area contributed by atoms with Gasteiger partial charge in [-0.05, 0) is 37.3 Å². The van der Waals surface area contributed by atoms with E-state index in [2.05, 4.69) is 20.3 Å². The van der Waals surface area contributed by atoms with E-state index in [1.165, 1.54) is 5.56 Å². The summed E-state index contributed by atoms with van der Waals surface area (Å²) in [6.45, 7) is 3.19. The molecular weight excluding hydrogens is 362 g/mol. The van der Waals surface area contributed by atoms with Gasteiger partial charge in [-0.1, -0.05) is 17.7 Å². The molecule has 0 fully saturated rings. The van der Waals surface area contributed by atoms with Gasteiger partial charge in [-0.3, -0.25) is 0 Å². The highest BCUT2D eigenvalue weighted by Gasteiger charge is 2.12. The number of nitrogens with two attached hydrogens (primary N) is 1. The van der Waals surface area contributed by atoms with E-state index in [4.69, 9.17) is 15.2 Å². The number of thioether (sulfide) groups is 1. The van der Waals surface area contributed by atoms with Gasteiger partial charge in [0.2, 0.25) is 11.9 Å². The minimum Gasteiger partial charge on any atom is -0.486 e. The average Bonchev–Trinajstić information content (AvgIpc) is 2.68. The molecule has 4 rings (SSSR count). The van der Waals surface area contributed by atoms with E-state index in [-0.39, 0.29) is 5.95 Å². The van der Waals surface area contributed by atoms with E-state index in [1.807, 2.05) is 49.4 Å². The fraction of sp³-hybridized carbons (Fsp3) is 0.211. The van der Waals surface area contributed by atoms with Gasteiger partial charge < -0.3 is 20.5 Å². The number of rotatable bonds is 5. The number of aryl methyl sites for hydroxylation is 1. The molecule has 3 N–H and O–H groups in total. The van der Waals surface area contributed by atoms with Crippen LogP contribution in [0.25, 0.3) is 0 Å². The molecule has 0 radical (unpaired) electrons. The van der Waals surface area contributed by atoms with E-state index in [0.29, 0.717) is 30.7 Å². The highest BCUT2D eigenvalue weighted by molar-refractivity contribution is 7.98. The molecule has 0 aliphatic carbocycles. The van der Waals surface area contributed by atoms with Crippen LogP contribution in [0.15, 0.2) is 47.4 Å². The molecule has 0 atom stereocenters. The highest BCUT2D eigenvalue weighted by Crippen LogP contribution is 2.35. The second-order valence-electron chi connectivity index (χ2n) is 6.02. The van der Waals surface area contributed by atoms with Crippen molar-refractivity contribution in [1.29, 1.82) is 0 Å². The average molecular weight is 381 g/mol. The molecule has 0 unspecified atom stereocenters. The number of aromatic nitrogens is 3. The van der Waals surface area contributed by atoms with Gasteiger partial charge >= 0.3 is 0 Å². The van der Waals surface area contributed by atoms with E-state index < -0.39 is 0 Å². The monoisotopic (exact) mass is 381 g/mol. The Morgan fingerprint density at radius 3 is 2.59 bits per heavy atom. The standard InChI is InChI=1S/C19H19N5O2S/c1-12-2-4-13(5-3-12)21-19-23-17(22-18(20)24-19)11-27-14-6-7-15-16(10-14)26-9-8-25-15/h2-7,10H,8-9,11H2,1H3,(H3,20,21,22,23,24). The van der Waals surface area contributed by atoms with Gasteiger partial charge in [-0.25, -0.2) is 0 Å². The van der Waals surface area contributed by atoms with Crippen molar-refractivity contribution in [3.63, 3.8) is 0 Å². The number of hydrogen-bond donors (Lipinski definition) is 2. The first-order valence-corrected chi connectivity index (χ1v) is 9.51. The van der Waals surface area contributed by atoms with Gasteiger partial charge in [0.1, 0.15) is 19.0 Å². The molecule has 2 aromatic carbocycles. The summed E-state index contributed by atoms with van der Waals surface area (Å²) in [5.74, 6) is 3.34. The minimum atomic E-state index is 0.192. The van der Waals surface area contributed by atoms with Gasteiger partial charge in [0.05, 0.1) is 5.75 Å². The first-order valence-electron chi connectivity index (χ1n) is 8.52. The molecule has 1 aromatic heterocycles. The third-order valence-electron chi connectivity index (χ3n) is 3.89. The van der Waals surface area contributed by atoms with Crippen molar-refractivity contribution < 1.29 is 9.47 Å². The zero-order valence-corrected chi connectivity index (χ0v) is 15.6. The lowest BCUT2D eigenvalue weighted by molar-refractivity contribution is 0.171. The van der Waals surface area contributed by atoms with Crippen LogP contribution < -0.4 is 20.5 Å². The van der Waals surface area contributed by atoms with Crippen LogP contribution in [0, 0.1) is 6.92 Å². The Hall–Kier alpha value is -3.00. The van der Waals surface area contributed by atoms with Crippen molar-refractivity contribution >= 4 is 29.3 Å². The summed E-state index contributed by atoms with van der Waals surface area (Å²) < 4.78 is 11.2. The molecule has 3 aromatic rings. The van der Waals surface area contributed by atoms with Gasteiger partial charge in [-0.2, -0.15) is 15.0 Å². The largest absolute Gasteiger partial charge is 0.486 e. The lowest BCUT2D eigenvalue weighted by Crippen LogP contribution is -2.15. The maximum Gasteiger partial charge on any atom is 0.232 e. The zero-order valence-electron chi connectivity index (χ0n) is 14.8. The fourth-order valence-corrected chi connectivity index (χ4v) is 3.37. The lowest BCUT2D eigenvalue weighted by Gasteiger charge is -2.18. The molecular formula is C19H19N5O2S. The number of anilines is 3. The molecule has 0 saturated heterocycles. The molecule has 8 heteroatoms. The summed E-state index contributed by atoms with van der Waals surface area (Å²) in [5, 5.41) is 3.16. The Morgan fingerprint density at radius 2 is 1.78 bits per heavy atom. The molecule has 0 spiro atoms. The minimum absolute atomic E-state index is 0.192. The van der Waals surface area contributed by atoms with Crippen molar-refractivity contribution in [1.82, 2.24) is 15.0 Å². The van der Waals surface area contributed by atoms with E-state index in [1.54, 1.807) is 11.8 Å². The molecule has 1 aliphatic heterocycles. The van der Waals surface area contributed by atoms with Crippen LogP contribution in [0.2, 0.25) is 0 Å². The lowest BCUT2D eigenvalue weighted by atomic mass is 10.2. The topological polar surface area (TPSA) is 95.2 Å². The van der Waals surface area contributed by atoms with Crippen molar-refractivity contribution in [3.05, 3.63) is 53.9 Å². The quantitative estimate of drug-likeness (QED) is 0.648. The summed E-state index contributed by atoms with van der Waals surface area (Å²) in [6.07, 6.45) is 0. The number of nitrogens with zero attached hydrogens (tertiary/aromatic N) is 3. The Labute approximate surface area is 161 Å². The highest BCUT2D eigenvalue weighted by atomic mass is 32.2. The maximum absolute atomic E-state index is 5.85. The number of hydrogen-bond acceptors (Lipinski definition) is 8. The van der Waals surface area contributed by atoms with Gasteiger partial charge in [0.15, 0.2) is 11.5 Å². The van der Waals surface area contributed by atoms with Gasteiger partial charge in [-0.15, -0.1) is 11.8 Å². The molecule has 2 heterocycles. The van der Waals surface area contributed by atoms with E-state index >= 15 is 0 Å². The Bertz CT molecular complexity index is 949. The summed E-state index contributed by atoms with van der Waals surface area (Å²) in [4.78, 5) is 13.9. The molecule has 7 nitrogen and oxygen atoms in total. The molecule has 27 heavy (non-hydrogen) atoms. The fourth-order valence-electron chi connectivity index (χ4n) is 2.59. The maximum atomic E-state index is 5.85. The third kappa shape index (κ3) is 4.40. The number of nitrogens with one attached hydrogen (secondary N) is 1. The molecule has 0 amide bonds. The van der Waals surface area contributed by atoms with Crippen LogP contribution in [0.3, 0.4) is 0 Å². The van der Waals surface area contributed by atoms with Crippen LogP contribution in [0.5, 0.6) is 11.5 Å². The Kier molecular flexibility index (Phi) is 4.97. The van der Waals surface area contributed by atoms with E-state index in [9.17, 15) is 0 Å². The Balaban J connectivity index is 1.46. The second kappa shape index (κ2) is 7.71. The van der Waals surface area contributed by atoms with E-state index in [0.717, 1.165) is 22.1 Å². The Morgan fingerprint density at radius 1 is 1.00 bits per heavy atom. The first kappa shape index (κ1) is 17.4. The second-order valence-corrected chi connectivity index (χ2v) is 7.07. The van der Waals surface area contributed by atoms with Crippen LogP contribution >= 0.6 is 11.8 Å². The number of ether oxygens (including phenoxy) is 2. The summed E-state index contributed by atoms with van der Waals surface area (Å²) in [6, 6.07) is 13.9. The molecule has 0 saturated carbocycles. The summed E-state index contributed by atoms with van der Waals surface area (Å²) in [7, 11) is 0. The number of fused-ring (bicyclic) bond motifs is 1. The summed E-state index contributed by atoms with van der Waals surface area (Å²) >= 11 is 1.60. The van der Waals surface area contributed by atoms with Crippen LogP contribution in [0.4, 0.5) is 17.6 Å². The molecule has 0 bridgehead atoms. The van der Waals surface area contributed by atoms with Crippen LogP contribution in [-0.4, -0.2) is 28.2 Å². The smallest absolute Gasteiger partial charge is 0.232 e. The summed E-state index contributed by atoms with van der Waals surface area (Å²) in [5.41, 5.74) is 7.94. The molecule has 138 valence electrons. The van der Waals surface area contributed by atoms with Crippen LogP contribution in [-0.2, 0) is 5.75 Å². The third-order valence-corrected chi connectivity index (χ3v) is 4.88. The predicted octanol–water partition coefficient (Wildman–Crippen LogP) is 3.57. The number of nitrogen functional groups attached to an aromatic ring is 1. The molecule has 1 aliphatic rings. The predicted molar refractivity (Wildman–Crippen MR) is 106 cm³/mol. The number of benzene rings is 2. The van der Waals surface area contributed by atoms with Gasteiger partial charge in [0.25, 0.3) is 0 Å². The van der Waals surface area contributed by atoms with Crippen molar-refractivity contribution in [3.8, 4) is 11.5 Å². The normalized spacial score (nSPS) is 12.6.